The molecule has 5 heteroatoms. The van der Waals surface area contributed by atoms with E-state index in [4.69, 9.17) is 28.2 Å². The largest absolute Gasteiger partial charge is 0.322 e. The highest BCUT2D eigenvalue weighted by Crippen LogP contribution is 2.40. The summed E-state index contributed by atoms with van der Waals surface area (Å²) in [6.45, 7) is 5.59. The molecule has 0 radical (unpaired) electrons. The third-order valence-corrected chi connectivity index (χ3v) is 5.42. The maximum Gasteiger partial charge on any atom is 0.128 e. The van der Waals surface area contributed by atoms with E-state index in [-0.39, 0.29) is 5.38 Å². The van der Waals surface area contributed by atoms with Gasteiger partial charge in [-0.05, 0) is 57.0 Å². The quantitative estimate of drug-likeness (QED) is 0.770. The van der Waals surface area contributed by atoms with Gasteiger partial charge in [-0.15, -0.1) is 11.6 Å². The number of hydrogen-bond acceptors (Lipinski definition) is 2. The fraction of sp³-hybridized carbons (Fsp3) is 0.562. The number of nitrogens with zero attached hydrogens (tertiary/aromatic N) is 3. The number of imidazole rings is 1. The van der Waals surface area contributed by atoms with Crippen LogP contribution in [0.4, 0.5) is 0 Å². The minimum absolute atomic E-state index is 0.0911. The van der Waals surface area contributed by atoms with Crippen LogP contribution < -0.4 is 0 Å². The minimum Gasteiger partial charge on any atom is -0.322 e. The third-order valence-electron chi connectivity index (χ3n) is 4.99. The highest BCUT2D eigenvalue weighted by molar-refractivity contribution is 6.31. The first-order chi connectivity index (χ1) is 10.1. The molecule has 3 aliphatic heterocycles. The molecule has 3 saturated heterocycles. The van der Waals surface area contributed by atoms with Crippen molar-refractivity contribution in [2.75, 3.05) is 19.6 Å². The Balaban J connectivity index is 1.89. The number of benzene rings is 1. The molecule has 1 aromatic heterocycles. The van der Waals surface area contributed by atoms with Gasteiger partial charge in [0, 0.05) is 11.6 Å². The summed E-state index contributed by atoms with van der Waals surface area (Å²) in [7, 11) is 0. The lowest BCUT2D eigenvalue weighted by atomic mass is 9.83. The molecular formula is C16H19Cl2N3. The second kappa shape index (κ2) is 5.15. The van der Waals surface area contributed by atoms with Crippen LogP contribution in [0.1, 0.15) is 37.0 Å². The van der Waals surface area contributed by atoms with Crippen LogP contribution >= 0.6 is 23.2 Å². The number of fused-ring (bicyclic) bond motifs is 4. The Bertz CT molecular complexity index is 671. The number of hydrogen-bond donors (Lipinski definition) is 0. The SMILES string of the molecule is CC(Cl)c1nc2ccc(Cl)cc2n1C1CN2CCC1CC2. The third kappa shape index (κ3) is 2.26. The Hall–Kier alpha value is -0.770. The molecule has 3 nitrogen and oxygen atoms in total. The van der Waals surface area contributed by atoms with Crippen molar-refractivity contribution in [1.82, 2.24) is 14.5 Å². The molecular weight excluding hydrogens is 305 g/mol. The van der Waals surface area contributed by atoms with E-state index in [0.29, 0.717) is 6.04 Å². The van der Waals surface area contributed by atoms with E-state index in [1.807, 2.05) is 25.1 Å². The minimum atomic E-state index is -0.0911. The van der Waals surface area contributed by atoms with Gasteiger partial charge in [0.2, 0.25) is 0 Å². The van der Waals surface area contributed by atoms with E-state index in [1.54, 1.807) is 0 Å². The molecule has 3 fully saturated rings. The van der Waals surface area contributed by atoms with Crippen molar-refractivity contribution in [1.29, 1.82) is 0 Å². The van der Waals surface area contributed by atoms with E-state index < -0.39 is 0 Å². The molecule has 0 amide bonds. The van der Waals surface area contributed by atoms with Crippen LogP contribution in [0.5, 0.6) is 0 Å². The molecule has 2 aromatic rings. The molecule has 2 unspecified atom stereocenters. The summed E-state index contributed by atoms with van der Waals surface area (Å²) < 4.78 is 2.37. The average Bonchev–Trinajstić information content (AvgIpc) is 2.87. The van der Waals surface area contributed by atoms with Crippen LogP contribution in [-0.4, -0.2) is 34.1 Å². The van der Waals surface area contributed by atoms with E-state index in [1.165, 1.54) is 25.9 Å². The summed E-state index contributed by atoms with van der Waals surface area (Å²) in [6, 6.07) is 6.41. The first kappa shape index (κ1) is 13.9. The fourth-order valence-electron chi connectivity index (χ4n) is 3.94. The van der Waals surface area contributed by atoms with Crippen molar-refractivity contribution < 1.29 is 0 Å². The molecule has 5 rings (SSSR count). The first-order valence-corrected chi connectivity index (χ1v) is 8.49. The van der Waals surface area contributed by atoms with Crippen LogP contribution in [0.3, 0.4) is 0 Å². The molecule has 0 spiro atoms. The summed E-state index contributed by atoms with van der Waals surface area (Å²) >= 11 is 12.6. The van der Waals surface area contributed by atoms with E-state index in [0.717, 1.165) is 34.3 Å². The Labute approximate surface area is 134 Å². The molecule has 2 atom stereocenters. The first-order valence-electron chi connectivity index (χ1n) is 7.67. The topological polar surface area (TPSA) is 21.1 Å². The Morgan fingerprint density at radius 2 is 2.05 bits per heavy atom. The van der Waals surface area contributed by atoms with Crippen molar-refractivity contribution in [3.8, 4) is 0 Å². The summed E-state index contributed by atoms with van der Waals surface area (Å²) in [5.74, 6) is 1.72. The fourth-order valence-corrected chi connectivity index (χ4v) is 4.26. The highest BCUT2D eigenvalue weighted by atomic mass is 35.5. The number of alkyl halides is 1. The van der Waals surface area contributed by atoms with Gasteiger partial charge in [-0.1, -0.05) is 11.6 Å². The zero-order valence-electron chi connectivity index (χ0n) is 12.1. The number of aromatic nitrogens is 2. The van der Waals surface area contributed by atoms with E-state index in [2.05, 4.69) is 9.47 Å². The molecule has 2 bridgehead atoms. The molecule has 0 aliphatic carbocycles. The zero-order chi connectivity index (χ0) is 14.6. The predicted octanol–water partition coefficient (Wildman–Crippen LogP) is 4.26. The van der Waals surface area contributed by atoms with Gasteiger partial charge in [0.05, 0.1) is 22.5 Å². The van der Waals surface area contributed by atoms with Gasteiger partial charge in [-0.2, -0.15) is 0 Å². The summed E-state index contributed by atoms with van der Waals surface area (Å²) in [4.78, 5) is 7.33. The van der Waals surface area contributed by atoms with Gasteiger partial charge in [0.15, 0.2) is 0 Å². The number of piperidine rings is 3. The lowest BCUT2D eigenvalue weighted by Crippen LogP contribution is -2.48. The van der Waals surface area contributed by atoms with Gasteiger partial charge in [0.25, 0.3) is 0 Å². The molecule has 0 saturated carbocycles. The van der Waals surface area contributed by atoms with Crippen LogP contribution in [0, 0.1) is 5.92 Å². The van der Waals surface area contributed by atoms with Crippen LogP contribution in [-0.2, 0) is 0 Å². The number of halogens is 2. The lowest BCUT2D eigenvalue weighted by molar-refractivity contribution is 0.0575. The van der Waals surface area contributed by atoms with Crippen molar-refractivity contribution in [3.05, 3.63) is 29.0 Å². The normalized spacial score (nSPS) is 30.0. The van der Waals surface area contributed by atoms with Crippen LogP contribution in [0.25, 0.3) is 11.0 Å². The zero-order valence-corrected chi connectivity index (χ0v) is 13.6. The number of rotatable bonds is 2. The van der Waals surface area contributed by atoms with Crippen molar-refractivity contribution in [3.63, 3.8) is 0 Å². The maximum atomic E-state index is 6.41. The highest BCUT2D eigenvalue weighted by Gasteiger charge is 2.37. The van der Waals surface area contributed by atoms with Crippen molar-refractivity contribution in [2.24, 2.45) is 5.92 Å². The summed E-state index contributed by atoms with van der Waals surface area (Å²) in [5, 5.41) is 0.672. The Morgan fingerprint density at radius 3 is 2.67 bits per heavy atom. The smallest absolute Gasteiger partial charge is 0.128 e. The van der Waals surface area contributed by atoms with Gasteiger partial charge < -0.3 is 9.47 Å². The Morgan fingerprint density at radius 1 is 1.29 bits per heavy atom. The summed E-state index contributed by atoms with van der Waals surface area (Å²) in [6.07, 6.45) is 2.56. The Kier molecular flexibility index (Phi) is 3.40. The van der Waals surface area contributed by atoms with Crippen LogP contribution in [0.2, 0.25) is 5.02 Å². The van der Waals surface area contributed by atoms with Crippen molar-refractivity contribution >= 4 is 34.2 Å². The van der Waals surface area contributed by atoms with Crippen LogP contribution in [0.15, 0.2) is 18.2 Å². The van der Waals surface area contributed by atoms with E-state index >= 15 is 0 Å². The second-order valence-electron chi connectivity index (χ2n) is 6.29. The molecule has 21 heavy (non-hydrogen) atoms. The maximum absolute atomic E-state index is 6.41. The van der Waals surface area contributed by atoms with Gasteiger partial charge in [-0.25, -0.2) is 4.98 Å². The second-order valence-corrected chi connectivity index (χ2v) is 7.39. The van der Waals surface area contributed by atoms with Gasteiger partial charge in [-0.3, -0.25) is 0 Å². The monoisotopic (exact) mass is 323 g/mol. The van der Waals surface area contributed by atoms with Crippen molar-refractivity contribution in [2.45, 2.75) is 31.2 Å². The predicted molar refractivity (Wildman–Crippen MR) is 87.2 cm³/mol. The molecule has 4 heterocycles. The van der Waals surface area contributed by atoms with Gasteiger partial charge in [0.1, 0.15) is 5.82 Å². The lowest BCUT2D eigenvalue weighted by Gasteiger charge is -2.46. The molecule has 0 N–H and O–H groups in total. The average molecular weight is 324 g/mol. The van der Waals surface area contributed by atoms with Gasteiger partial charge >= 0.3 is 0 Å². The molecule has 1 aromatic carbocycles. The molecule has 112 valence electrons. The standard InChI is InChI=1S/C16H19Cl2N3/c1-10(17)16-19-13-3-2-12(18)8-14(13)21(16)15-9-20-6-4-11(15)5-7-20/h2-3,8,10-11,15H,4-7,9H2,1H3. The molecule has 3 aliphatic rings. The van der Waals surface area contributed by atoms with E-state index in [9.17, 15) is 0 Å². The summed E-state index contributed by atoms with van der Waals surface area (Å²) in [5.41, 5.74) is 2.13.